The van der Waals surface area contributed by atoms with E-state index in [4.69, 9.17) is 0 Å². The number of pyridine rings is 1. The number of hydrogen-bond acceptors (Lipinski definition) is 4. The van der Waals surface area contributed by atoms with Gasteiger partial charge in [-0.1, -0.05) is 20.8 Å². The molecule has 0 saturated carbocycles. The molecule has 1 fully saturated rings. The van der Waals surface area contributed by atoms with Gasteiger partial charge in [-0.15, -0.1) is 11.8 Å². The molecule has 0 spiro atoms. The molecule has 2 heterocycles. The zero-order valence-corrected chi connectivity index (χ0v) is 13.8. The Bertz CT molecular complexity index is 499. The Morgan fingerprint density at radius 2 is 2.29 bits per heavy atom. The maximum atomic E-state index is 12.6. The Kier molecular flexibility index (Phi) is 5.27. The number of amides is 1. The fourth-order valence-corrected chi connectivity index (χ4v) is 3.42. The Morgan fingerprint density at radius 3 is 2.95 bits per heavy atom. The summed E-state index contributed by atoms with van der Waals surface area (Å²) in [6.45, 7) is 7.98. The molecule has 0 bridgehead atoms. The topological polar surface area (TPSA) is 53.4 Å². The molecule has 116 valence electrons. The van der Waals surface area contributed by atoms with Gasteiger partial charge in [-0.25, -0.2) is 4.98 Å². The molecule has 1 N–H and O–H groups in total. The van der Waals surface area contributed by atoms with Gasteiger partial charge in [0.05, 0.1) is 5.03 Å². The number of carbonyl (C=O) groups is 1. The zero-order chi connectivity index (χ0) is 15.5. The van der Waals surface area contributed by atoms with Crippen LogP contribution in [-0.2, 0) is 0 Å². The molecule has 1 aliphatic heterocycles. The van der Waals surface area contributed by atoms with Crippen molar-refractivity contribution in [2.24, 2.45) is 5.92 Å². The highest BCUT2D eigenvalue weighted by Crippen LogP contribution is 2.30. The van der Waals surface area contributed by atoms with Gasteiger partial charge in [0, 0.05) is 36.2 Å². The van der Waals surface area contributed by atoms with Crippen LogP contribution >= 0.6 is 11.8 Å². The van der Waals surface area contributed by atoms with Gasteiger partial charge in [0.1, 0.15) is 0 Å². The first kappa shape index (κ1) is 16.3. The molecule has 1 aromatic heterocycles. The molecule has 5 heteroatoms. The fraction of sp³-hybridized carbons (Fsp3) is 0.625. The van der Waals surface area contributed by atoms with E-state index in [2.05, 4.69) is 25.8 Å². The second kappa shape index (κ2) is 6.79. The molecule has 1 atom stereocenters. The predicted molar refractivity (Wildman–Crippen MR) is 85.6 cm³/mol. The first-order valence-corrected chi connectivity index (χ1v) is 8.26. The van der Waals surface area contributed by atoms with Crippen LogP contribution < -0.4 is 0 Å². The third-order valence-corrected chi connectivity index (χ3v) is 4.50. The van der Waals surface area contributed by atoms with Gasteiger partial charge in [-0.3, -0.25) is 4.79 Å². The van der Waals surface area contributed by atoms with E-state index in [9.17, 15) is 9.90 Å². The van der Waals surface area contributed by atoms with E-state index in [0.717, 1.165) is 24.4 Å². The van der Waals surface area contributed by atoms with Crippen LogP contribution in [0.5, 0.6) is 0 Å². The first-order chi connectivity index (χ1) is 9.89. The van der Waals surface area contributed by atoms with Crippen molar-refractivity contribution in [1.82, 2.24) is 9.88 Å². The molecule has 1 aromatic rings. The number of rotatable bonds is 3. The first-order valence-electron chi connectivity index (χ1n) is 7.44. The molecule has 21 heavy (non-hydrogen) atoms. The minimum absolute atomic E-state index is 0.0475. The number of nitrogens with zero attached hydrogens (tertiary/aromatic N) is 2. The summed E-state index contributed by atoms with van der Waals surface area (Å²) in [7, 11) is 0. The SMILES string of the molecule is CC(C)(C)Sc1cc(C(=O)N2CCCC(CO)C2)ccn1. The number of aliphatic hydroxyl groups excluding tert-OH is 1. The van der Waals surface area contributed by atoms with E-state index in [0.29, 0.717) is 12.1 Å². The largest absolute Gasteiger partial charge is 0.396 e. The van der Waals surface area contributed by atoms with Crippen LogP contribution in [0.2, 0.25) is 0 Å². The van der Waals surface area contributed by atoms with Crippen molar-refractivity contribution in [3.05, 3.63) is 23.9 Å². The summed E-state index contributed by atoms with van der Waals surface area (Å²) in [5.41, 5.74) is 0.690. The van der Waals surface area contributed by atoms with E-state index in [1.807, 2.05) is 11.0 Å². The quantitative estimate of drug-likeness (QED) is 0.872. The Hall–Kier alpha value is -1.07. The number of hydrogen-bond donors (Lipinski definition) is 1. The Morgan fingerprint density at radius 1 is 1.52 bits per heavy atom. The molecule has 2 rings (SSSR count). The average Bonchev–Trinajstić information content (AvgIpc) is 2.45. The molecule has 1 amide bonds. The van der Waals surface area contributed by atoms with Gasteiger partial charge >= 0.3 is 0 Å². The fourth-order valence-electron chi connectivity index (χ4n) is 2.49. The van der Waals surface area contributed by atoms with Crippen molar-refractivity contribution in [2.45, 2.75) is 43.4 Å². The Labute approximate surface area is 130 Å². The lowest BCUT2D eigenvalue weighted by molar-refractivity contribution is 0.0620. The van der Waals surface area contributed by atoms with Crippen molar-refractivity contribution >= 4 is 17.7 Å². The highest BCUT2D eigenvalue weighted by atomic mass is 32.2. The summed E-state index contributed by atoms with van der Waals surface area (Å²) >= 11 is 1.66. The van der Waals surface area contributed by atoms with E-state index in [-0.39, 0.29) is 23.2 Å². The number of aromatic nitrogens is 1. The molecule has 1 aliphatic rings. The smallest absolute Gasteiger partial charge is 0.254 e. The average molecular weight is 308 g/mol. The standard InChI is InChI=1S/C16H24N2O2S/c1-16(2,3)21-14-9-13(6-7-17-14)15(20)18-8-4-5-12(10-18)11-19/h6-7,9,12,19H,4-5,8,10-11H2,1-3H3. The molecule has 0 aliphatic carbocycles. The van der Waals surface area contributed by atoms with Crippen molar-refractivity contribution in [2.75, 3.05) is 19.7 Å². The lowest BCUT2D eigenvalue weighted by Gasteiger charge is -2.32. The van der Waals surface area contributed by atoms with E-state index in [1.54, 1.807) is 24.0 Å². The van der Waals surface area contributed by atoms with Crippen LogP contribution in [0.4, 0.5) is 0 Å². The van der Waals surface area contributed by atoms with Crippen LogP contribution in [0, 0.1) is 5.92 Å². The number of carbonyl (C=O) groups excluding carboxylic acids is 1. The third kappa shape index (κ3) is 4.71. The van der Waals surface area contributed by atoms with Gasteiger partial charge in [0.15, 0.2) is 0 Å². The van der Waals surface area contributed by atoms with E-state index >= 15 is 0 Å². The predicted octanol–water partition coefficient (Wildman–Crippen LogP) is 2.82. The monoisotopic (exact) mass is 308 g/mol. The number of piperidine rings is 1. The molecule has 1 saturated heterocycles. The highest BCUT2D eigenvalue weighted by molar-refractivity contribution is 8.00. The van der Waals surface area contributed by atoms with Gasteiger partial charge in [-0.05, 0) is 30.9 Å². The van der Waals surface area contributed by atoms with Crippen molar-refractivity contribution in [3.63, 3.8) is 0 Å². The number of likely N-dealkylation sites (tertiary alicyclic amines) is 1. The van der Waals surface area contributed by atoms with Crippen LogP contribution in [0.25, 0.3) is 0 Å². The second-order valence-electron chi connectivity index (χ2n) is 6.54. The zero-order valence-electron chi connectivity index (χ0n) is 13.0. The summed E-state index contributed by atoms with van der Waals surface area (Å²) in [5, 5.41) is 10.2. The summed E-state index contributed by atoms with van der Waals surface area (Å²) in [6, 6.07) is 3.65. The van der Waals surface area contributed by atoms with Gasteiger partial charge in [0.25, 0.3) is 5.91 Å². The van der Waals surface area contributed by atoms with Crippen molar-refractivity contribution in [3.8, 4) is 0 Å². The van der Waals surface area contributed by atoms with Crippen molar-refractivity contribution < 1.29 is 9.90 Å². The lowest BCUT2D eigenvalue weighted by Crippen LogP contribution is -2.40. The molecular weight excluding hydrogens is 284 g/mol. The summed E-state index contributed by atoms with van der Waals surface area (Å²) in [4.78, 5) is 18.8. The van der Waals surface area contributed by atoms with Gasteiger partial charge in [0.2, 0.25) is 0 Å². The second-order valence-corrected chi connectivity index (χ2v) is 8.39. The van der Waals surface area contributed by atoms with Gasteiger partial charge in [-0.2, -0.15) is 0 Å². The van der Waals surface area contributed by atoms with Crippen LogP contribution in [0.15, 0.2) is 23.4 Å². The minimum Gasteiger partial charge on any atom is -0.396 e. The van der Waals surface area contributed by atoms with Crippen molar-refractivity contribution in [1.29, 1.82) is 0 Å². The highest BCUT2D eigenvalue weighted by Gasteiger charge is 2.24. The molecule has 4 nitrogen and oxygen atoms in total. The van der Waals surface area contributed by atoms with Gasteiger partial charge < -0.3 is 10.0 Å². The summed E-state index contributed by atoms with van der Waals surface area (Å²) in [6.07, 6.45) is 3.67. The molecule has 0 aromatic carbocycles. The maximum Gasteiger partial charge on any atom is 0.254 e. The molecule has 0 radical (unpaired) electrons. The third-order valence-electron chi connectivity index (χ3n) is 3.46. The minimum atomic E-state index is 0.0475. The summed E-state index contributed by atoms with van der Waals surface area (Å²) < 4.78 is 0.0712. The maximum absolute atomic E-state index is 12.6. The van der Waals surface area contributed by atoms with Crippen LogP contribution in [-0.4, -0.2) is 45.3 Å². The van der Waals surface area contributed by atoms with E-state index in [1.165, 1.54) is 0 Å². The van der Waals surface area contributed by atoms with E-state index < -0.39 is 0 Å². The summed E-state index contributed by atoms with van der Waals surface area (Å²) in [5.74, 6) is 0.263. The van der Waals surface area contributed by atoms with Crippen LogP contribution in [0.1, 0.15) is 44.0 Å². The molecular formula is C16H24N2O2S. The molecule has 1 unspecified atom stereocenters. The Balaban J connectivity index is 2.10. The van der Waals surface area contributed by atoms with Crippen LogP contribution in [0.3, 0.4) is 0 Å². The lowest BCUT2D eigenvalue weighted by atomic mass is 9.98. The number of thioether (sulfide) groups is 1. The normalized spacial score (nSPS) is 19.6. The number of aliphatic hydroxyl groups is 1.